The molecule has 3 heterocycles. The second-order valence-electron chi connectivity index (χ2n) is 8.32. The van der Waals surface area contributed by atoms with Gasteiger partial charge in [0.05, 0.1) is 18.1 Å². The minimum Gasteiger partial charge on any atom is -0.383 e. The minimum atomic E-state index is -0.922. The Balaban J connectivity index is 1.57. The van der Waals surface area contributed by atoms with Gasteiger partial charge in [0.25, 0.3) is 11.8 Å². The van der Waals surface area contributed by atoms with E-state index < -0.39 is 11.8 Å². The maximum atomic E-state index is 13.8. The van der Waals surface area contributed by atoms with E-state index in [0.717, 1.165) is 5.56 Å². The van der Waals surface area contributed by atoms with Crippen LogP contribution >= 0.6 is 11.3 Å². The van der Waals surface area contributed by atoms with Crippen molar-refractivity contribution in [3.63, 3.8) is 0 Å². The largest absolute Gasteiger partial charge is 0.383 e. The Morgan fingerprint density at radius 3 is 2.58 bits per heavy atom. The van der Waals surface area contributed by atoms with Crippen LogP contribution in [0, 0.1) is 6.92 Å². The third kappa shape index (κ3) is 4.66. The van der Waals surface area contributed by atoms with E-state index in [1.54, 1.807) is 23.0 Å². The highest BCUT2D eigenvalue weighted by atomic mass is 32.1. The topological polar surface area (TPSA) is 88.2 Å². The van der Waals surface area contributed by atoms with Gasteiger partial charge in [-0.1, -0.05) is 24.3 Å². The summed E-state index contributed by atoms with van der Waals surface area (Å²) in [6.07, 6.45) is 0.896. The number of benzene rings is 1. The number of rotatable bonds is 6. The number of hydrogen-bond donors (Lipinski definition) is 1. The van der Waals surface area contributed by atoms with Gasteiger partial charge in [0.2, 0.25) is 5.91 Å². The Morgan fingerprint density at radius 1 is 1.15 bits per heavy atom. The van der Waals surface area contributed by atoms with Gasteiger partial charge in [-0.3, -0.25) is 19.3 Å². The molecular formula is C24H29N3O5S. The Bertz CT molecular complexity index is 1000. The molecule has 1 N–H and O–H groups in total. The van der Waals surface area contributed by atoms with Crippen LogP contribution in [0.5, 0.6) is 0 Å². The summed E-state index contributed by atoms with van der Waals surface area (Å²) < 4.78 is 11.2. The van der Waals surface area contributed by atoms with E-state index in [1.807, 2.05) is 42.6 Å². The van der Waals surface area contributed by atoms with Crippen LogP contribution in [0.3, 0.4) is 0 Å². The summed E-state index contributed by atoms with van der Waals surface area (Å²) in [6, 6.07) is 10.3. The van der Waals surface area contributed by atoms with E-state index in [4.69, 9.17) is 9.47 Å². The lowest BCUT2D eigenvalue weighted by Gasteiger charge is -2.44. The average Bonchev–Trinajstić information content (AvgIpc) is 3.48. The van der Waals surface area contributed by atoms with Crippen LogP contribution in [0.1, 0.15) is 38.4 Å². The average molecular weight is 472 g/mol. The first-order valence-corrected chi connectivity index (χ1v) is 12.0. The molecule has 0 saturated carbocycles. The number of methoxy groups -OCH3 is 1. The molecule has 0 radical (unpaired) electrons. The van der Waals surface area contributed by atoms with Crippen molar-refractivity contribution >= 4 is 29.1 Å². The van der Waals surface area contributed by atoms with E-state index in [2.05, 4.69) is 5.32 Å². The molecule has 2 saturated heterocycles. The van der Waals surface area contributed by atoms with Crippen LogP contribution in [0.2, 0.25) is 0 Å². The third-order valence-electron chi connectivity index (χ3n) is 6.33. The summed E-state index contributed by atoms with van der Waals surface area (Å²) in [5.41, 5.74) is 0.469. The molecule has 33 heavy (non-hydrogen) atoms. The lowest BCUT2D eigenvalue weighted by Crippen LogP contribution is -2.60. The van der Waals surface area contributed by atoms with Crippen LogP contribution < -0.4 is 5.32 Å². The van der Waals surface area contributed by atoms with Gasteiger partial charge in [-0.25, -0.2) is 0 Å². The van der Waals surface area contributed by atoms with Gasteiger partial charge in [-0.15, -0.1) is 11.3 Å². The first kappa shape index (κ1) is 23.4. The second kappa shape index (κ2) is 10.0. The number of nitrogens with zero attached hydrogens (tertiary/aromatic N) is 2. The predicted octanol–water partition coefficient (Wildman–Crippen LogP) is 2.29. The number of amides is 3. The van der Waals surface area contributed by atoms with Gasteiger partial charge < -0.3 is 19.7 Å². The van der Waals surface area contributed by atoms with E-state index >= 15 is 0 Å². The third-order valence-corrected chi connectivity index (χ3v) is 7.18. The van der Waals surface area contributed by atoms with Gasteiger partial charge in [-0.05, 0) is 30.0 Å². The lowest BCUT2D eigenvalue weighted by molar-refractivity contribution is -0.128. The molecule has 1 spiro atoms. The van der Waals surface area contributed by atoms with E-state index in [9.17, 15) is 14.4 Å². The molecule has 2 aromatic rings. The van der Waals surface area contributed by atoms with E-state index in [1.165, 1.54) is 11.3 Å². The summed E-state index contributed by atoms with van der Waals surface area (Å²) in [7, 11) is 1.57. The number of likely N-dealkylation sites (tertiary alicyclic amines) is 1. The fraction of sp³-hybridized carbons (Fsp3) is 0.458. The number of nitrogens with one attached hydrogen (secondary N) is 1. The molecule has 2 fully saturated rings. The van der Waals surface area contributed by atoms with Gasteiger partial charge in [0, 0.05) is 45.1 Å². The Morgan fingerprint density at radius 2 is 1.91 bits per heavy atom. The summed E-state index contributed by atoms with van der Waals surface area (Å²) in [5, 5.41) is 4.73. The van der Waals surface area contributed by atoms with Gasteiger partial charge >= 0.3 is 0 Å². The Labute approximate surface area is 197 Å². The number of carbonyl (C=O) groups is 3. The van der Waals surface area contributed by atoms with Crippen molar-refractivity contribution in [2.75, 3.05) is 40.0 Å². The summed E-state index contributed by atoms with van der Waals surface area (Å²) in [6.45, 7) is 3.64. The van der Waals surface area contributed by atoms with Crippen molar-refractivity contribution in [3.8, 4) is 0 Å². The van der Waals surface area contributed by atoms with E-state index in [0.29, 0.717) is 49.5 Å². The zero-order valence-corrected chi connectivity index (χ0v) is 19.7. The number of aryl methyl sites for hydroxylation is 1. The van der Waals surface area contributed by atoms with Crippen molar-refractivity contribution in [1.82, 2.24) is 15.1 Å². The first-order valence-electron chi connectivity index (χ1n) is 11.1. The normalized spacial score (nSPS) is 19.6. The first-order chi connectivity index (χ1) is 16.0. The molecule has 3 amide bonds. The Kier molecular flexibility index (Phi) is 7.11. The fourth-order valence-electron chi connectivity index (χ4n) is 4.52. The molecule has 8 nitrogen and oxygen atoms in total. The van der Waals surface area contributed by atoms with Gasteiger partial charge in [0.1, 0.15) is 11.8 Å². The van der Waals surface area contributed by atoms with Crippen LogP contribution in [-0.2, 0) is 14.3 Å². The zero-order valence-electron chi connectivity index (χ0n) is 18.9. The maximum absolute atomic E-state index is 13.8. The molecule has 2 aliphatic rings. The van der Waals surface area contributed by atoms with Crippen molar-refractivity contribution in [2.24, 2.45) is 0 Å². The highest BCUT2D eigenvalue weighted by Gasteiger charge is 2.54. The maximum Gasteiger partial charge on any atom is 0.263 e. The fourth-order valence-corrected chi connectivity index (χ4v) is 5.21. The molecule has 4 rings (SSSR count). The van der Waals surface area contributed by atoms with Crippen LogP contribution in [0.25, 0.3) is 0 Å². The van der Waals surface area contributed by atoms with Crippen LogP contribution in [-0.4, -0.2) is 79.2 Å². The minimum absolute atomic E-state index is 0.0107. The molecule has 0 aliphatic carbocycles. The molecule has 0 bridgehead atoms. The molecule has 1 unspecified atom stereocenters. The van der Waals surface area contributed by atoms with Crippen LogP contribution in [0.15, 0.2) is 41.8 Å². The van der Waals surface area contributed by atoms with Crippen molar-refractivity contribution in [3.05, 3.63) is 57.8 Å². The number of ether oxygens (including phenoxy) is 2. The van der Waals surface area contributed by atoms with Crippen molar-refractivity contribution in [1.29, 1.82) is 0 Å². The molecular weight excluding hydrogens is 442 g/mol. The Hall–Kier alpha value is -2.75. The van der Waals surface area contributed by atoms with Gasteiger partial charge in [0.15, 0.2) is 0 Å². The summed E-state index contributed by atoms with van der Waals surface area (Å²) >= 11 is 1.42. The zero-order chi connectivity index (χ0) is 23.4. The smallest absolute Gasteiger partial charge is 0.263 e. The quantitative estimate of drug-likeness (QED) is 0.653. The predicted molar refractivity (Wildman–Crippen MR) is 124 cm³/mol. The summed E-state index contributed by atoms with van der Waals surface area (Å²) in [4.78, 5) is 43.7. The monoisotopic (exact) mass is 471 g/mol. The number of carbonyl (C=O) groups excluding carboxylic acids is 3. The van der Waals surface area contributed by atoms with Crippen molar-refractivity contribution in [2.45, 2.75) is 31.5 Å². The standard InChI is InChI=1S/C24H29N3O5S/c1-17-6-3-4-7-18(17)22(29)27-19(21(28)25-11-14-31-2)16-32-24(27)9-12-26(13-10-24)23(30)20-8-5-15-33-20/h3-8,15,19H,9-14,16H2,1-2H3,(H,25,28). The van der Waals surface area contributed by atoms with Crippen LogP contribution in [0.4, 0.5) is 0 Å². The molecule has 1 aromatic carbocycles. The van der Waals surface area contributed by atoms with E-state index in [-0.39, 0.29) is 24.3 Å². The highest BCUT2D eigenvalue weighted by molar-refractivity contribution is 7.12. The number of hydrogen-bond acceptors (Lipinski definition) is 6. The number of thiophene rings is 1. The molecule has 1 aromatic heterocycles. The lowest BCUT2D eigenvalue weighted by atomic mass is 9.95. The van der Waals surface area contributed by atoms with Crippen molar-refractivity contribution < 1.29 is 23.9 Å². The summed E-state index contributed by atoms with van der Waals surface area (Å²) in [5.74, 6) is -0.498. The molecule has 2 aliphatic heterocycles. The molecule has 176 valence electrons. The number of piperidine rings is 1. The molecule has 1 atom stereocenters. The highest BCUT2D eigenvalue weighted by Crippen LogP contribution is 2.39. The second-order valence-corrected chi connectivity index (χ2v) is 9.26. The van der Waals surface area contributed by atoms with Gasteiger partial charge in [-0.2, -0.15) is 0 Å². The SMILES string of the molecule is COCCNC(=O)C1COC2(CCN(C(=O)c3cccs3)CC2)N1C(=O)c1ccccc1C. The molecule has 9 heteroatoms.